The third-order valence-corrected chi connectivity index (χ3v) is 3.85. The Morgan fingerprint density at radius 2 is 1.82 bits per heavy atom. The predicted molar refractivity (Wildman–Crippen MR) is 71.7 cm³/mol. The summed E-state index contributed by atoms with van der Waals surface area (Å²) in [5.74, 6) is 0. The Bertz CT molecular complexity index is 760. The second-order valence-corrected chi connectivity index (χ2v) is 4.89. The Morgan fingerprint density at radius 3 is 2.71 bits per heavy atom. The zero-order valence-electron chi connectivity index (χ0n) is 8.92. The highest BCUT2D eigenvalue weighted by molar-refractivity contribution is 7.40. The minimum absolute atomic E-state index is 0.739. The number of hydrogen-bond acceptors (Lipinski definition) is 2. The Morgan fingerprint density at radius 1 is 0.941 bits per heavy atom. The molecule has 17 heavy (non-hydrogen) atoms. The zero-order valence-corrected chi connectivity index (χ0v) is 9.82. The van der Waals surface area contributed by atoms with E-state index in [2.05, 4.69) is 29.3 Å². The van der Waals surface area contributed by atoms with Crippen molar-refractivity contribution in [3.63, 3.8) is 0 Å². The Hall–Kier alpha value is -2.01. The van der Waals surface area contributed by atoms with E-state index in [1.54, 1.807) is 6.08 Å². The molecule has 0 radical (unpaired) electrons. The van der Waals surface area contributed by atoms with E-state index < -0.39 is 0 Å². The van der Waals surface area contributed by atoms with Crippen molar-refractivity contribution in [3.05, 3.63) is 48.5 Å². The number of nitrogens with zero attached hydrogens (tertiary/aromatic N) is 1. The second-order valence-electron chi connectivity index (χ2n) is 3.73. The molecule has 0 atom stereocenters. The van der Waals surface area contributed by atoms with Crippen LogP contribution in [0.3, 0.4) is 0 Å². The van der Waals surface area contributed by atoms with E-state index >= 15 is 0 Å². The summed E-state index contributed by atoms with van der Waals surface area (Å²) in [4.78, 5) is 13.9. The van der Waals surface area contributed by atoms with Gasteiger partial charge in [0.15, 0.2) is 0 Å². The van der Waals surface area contributed by atoms with Crippen LogP contribution < -0.4 is 0 Å². The lowest BCUT2D eigenvalue weighted by atomic mass is 10.1. The standard InChI is InChI=1S/C14H8NOP/c16-9-15-14-8-6-12-11-4-2-1-3-10(11)5-7-13(12)17-14/h1-8H. The lowest BCUT2D eigenvalue weighted by Crippen LogP contribution is -1.74. The highest BCUT2D eigenvalue weighted by Crippen LogP contribution is 2.36. The van der Waals surface area contributed by atoms with Crippen LogP contribution in [0.15, 0.2) is 53.5 Å². The SMILES string of the molecule is O=C=Nc1ccc2c(ccc3ccccc32)p1. The van der Waals surface area contributed by atoms with E-state index in [9.17, 15) is 4.79 Å². The molecular weight excluding hydrogens is 229 g/mol. The van der Waals surface area contributed by atoms with Crippen LogP contribution in [-0.4, -0.2) is 6.08 Å². The van der Waals surface area contributed by atoms with Crippen molar-refractivity contribution < 1.29 is 4.79 Å². The molecule has 0 N–H and O–H groups in total. The van der Waals surface area contributed by atoms with E-state index in [1.807, 2.05) is 24.3 Å². The fourth-order valence-corrected chi connectivity index (χ4v) is 2.94. The number of fused-ring (bicyclic) bond motifs is 3. The number of benzene rings is 2. The van der Waals surface area contributed by atoms with Crippen molar-refractivity contribution in [2.24, 2.45) is 4.99 Å². The molecule has 0 aliphatic carbocycles. The average molecular weight is 237 g/mol. The lowest BCUT2D eigenvalue weighted by molar-refractivity contribution is 0.565. The maximum atomic E-state index is 10.2. The molecule has 1 aromatic heterocycles. The number of aliphatic imine (C=N–C) groups is 1. The minimum Gasteiger partial charge on any atom is -0.211 e. The quantitative estimate of drug-likeness (QED) is 0.347. The predicted octanol–water partition coefficient (Wildman–Crippen LogP) is 4.54. The summed E-state index contributed by atoms with van der Waals surface area (Å²) in [6.07, 6.45) is 1.59. The van der Waals surface area contributed by atoms with Crippen LogP contribution in [0.2, 0.25) is 0 Å². The van der Waals surface area contributed by atoms with Gasteiger partial charge in [0.25, 0.3) is 0 Å². The van der Waals surface area contributed by atoms with Gasteiger partial charge in [-0.2, -0.15) is 4.99 Å². The molecule has 80 valence electrons. The molecule has 3 heteroatoms. The Kier molecular flexibility index (Phi) is 2.45. The van der Waals surface area contributed by atoms with Crippen molar-refractivity contribution >= 4 is 41.0 Å². The van der Waals surface area contributed by atoms with Crippen molar-refractivity contribution in [2.45, 2.75) is 0 Å². The average Bonchev–Trinajstić information content (AvgIpc) is 2.39. The third kappa shape index (κ3) is 1.74. The van der Waals surface area contributed by atoms with Crippen LogP contribution in [0.5, 0.6) is 0 Å². The van der Waals surface area contributed by atoms with E-state index in [0.29, 0.717) is 0 Å². The number of rotatable bonds is 1. The van der Waals surface area contributed by atoms with Crippen molar-refractivity contribution in [2.75, 3.05) is 0 Å². The van der Waals surface area contributed by atoms with Gasteiger partial charge < -0.3 is 0 Å². The summed E-state index contributed by atoms with van der Waals surface area (Å²) < 4.78 is 0. The van der Waals surface area contributed by atoms with Gasteiger partial charge in [0.05, 0.1) is 0 Å². The molecule has 0 unspecified atom stereocenters. The summed E-state index contributed by atoms with van der Waals surface area (Å²) in [5, 5.41) is 4.87. The molecule has 0 spiro atoms. The summed E-state index contributed by atoms with van der Waals surface area (Å²) in [6.45, 7) is 0. The molecule has 0 aliphatic rings. The molecule has 0 saturated heterocycles. The van der Waals surface area contributed by atoms with Gasteiger partial charge in [0, 0.05) is 5.12 Å². The fraction of sp³-hybridized carbons (Fsp3) is 0. The van der Waals surface area contributed by atoms with Gasteiger partial charge >= 0.3 is 0 Å². The van der Waals surface area contributed by atoms with Gasteiger partial charge in [-0.15, -0.1) is 0 Å². The molecule has 0 saturated carbocycles. The van der Waals surface area contributed by atoms with Crippen LogP contribution in [0.1, 0.15) is 0 Å². The van der Waals surface area contributed by atoms with Gasteiger partial charge in [-0.3, -0.25) is 0 Å². The maximum Gasteiger partial charge on any atom is 0.240 e. The maximum absolute atomic E-state index is 10.2. The molecule has 3 aromatic rings. The largest absolute Gasteiger partial charge is 0.240 e. The number of hydrogen-bond donors (Lipinski definition) is 0. The highest BCUT2D eigenvalue weighted by atomic mass is 31.0. The topological polar surface area (TPSA) is 29.4 Å². The van der Waals surface area contributed by atoms with Crippen LogP contribution in [0.4, 0.5) is 5.42 Å². The fourth-order valence-electron chi connectivity index (χ4n) is 1.98. The summed E-state index contributed by atoms with van der Waals surface area (Å²) >= 11 is 0. The van der Waals surface area contributed by atoms with Crippen molar-refractivity contribution in [1.82, 2.24) is 0 Å². The molecule has 3 rings (SSSR count). The smallest absolute Gasteiger partial charge is 0.211 e. The van der Waals surface area contributed by atoms with E-state index in [4.69, 9.17) is 0 Å². The third-order valence-electron chi connectivity index (χ3n) is 2.74. The van der Waals surface area contributed by atoms with Crippen LogP contribution >= 0.6 is 8.19 Å². The van der Waals surface area contributed by atoms with Gasteiger partial charge in [-0.05, 0) is 36.5 Å². The van der Waals surface area contributed by atoms with E-state index in [0.717, 1.165) is 13.6 Å². The first-order valence-electron chi connectivity index (χ1n) is 5.25. The first-order chi connectivity index (χ1) is 8.38. The summed E-state index contributed by atoms with van der Waals surface area (Å²) in [6, 6.07) is 16.4. The molecule has 0 amide bonds. The Balaban J connectivity index is 2.40. The highest BCUT2D eigenvalue weighted by Gasteiger charge is 2.01. The van der Waals surface area contributed by atoms with Gasteiger partial charge in [-0.1, -0.05) is 36.4 Å². The van der Waals surface area contributed by atoms with Gasteiger partial charge in [0.2, 0.25) is 6.08 Å². The van der Waals surface area contributed by atoms with Crippen molar-refractivity contribution in [1.29, 1.82) is 0 Å². The first-order valence-corrected chi connectivity index (χ1v) is 6.14. The monoisotopic (exact) mass is 237 g/mol. The van der Waals surface area contributed by atoms with E-state index in [-0.39, 0.29) is 0 Å². The minimum atomic E-state index is 0.739. The summed E-state index contributed by atoms with van der Waals surface area (Å²) in [7, 11) is 0.966. The molecule has 0 aliphatic heterocycles. The molecule has 2 nitrogen and oxygen atoms in total. The van der Waals surface area contributed by atoms with Gasteiger partial charge in [-0.25, -0.2) is 4.79 Å². The van der Waals surface area contributed by atoms with Gasteiger partial charge in [0.1, 0.15) is 5.42 Å². The number of isocyanates is 1. The lowest BCUT2D eigenvalue weighted by Gasteiger charge is -2.03. The first kappa shape index (κ1) is 10.2. The number of carbonyl (C=O) groups excluding carboxylic acids is 1. The molecule has 1 heterocycles. The Labute approximate surface area is 99.7 Å². The molecule has 0 bridgehead atoms. The van der Waals surface area contributed by atoms with E-state index in [1.165, 1.54) is 21.3 Å². The van der Waals surface area contributed by atoms with Crippen LogP contribution in [0, 0.1) is 0 Å². The molecular formula is C14H8NOP. The molecule has 2 aromatic carbocycles. The second kappa shape index (κ2) is 4.10. The molecule has 0 fully saturated rings. The summed E-state index contributed by atoms with van der Waals surface area (Å²) in [5.41, 5.74) is 0.739. The zero-order chi connectivity index (χ0) is 11.7. The normalized spacial score (nSPS) is 10.8. The van der Waals surface area contributed by atoms with Crippen molar-refractivity contribution in [3.8, 4) is 0 Å². The van der Waals surface area contributed by atoms with Crippen LogP contribution in [0.25, 0.3) is 21.3 Å². The van der Waals surface area contributed by atoms with Crippen LogP contribution in [-0.2, 0) is 4.79 Å².